The first-order chi connectivity index (χ1) is 10.4. The van der Waals surface area contributed by atoms with E-state index >= 15 is 0 Å². The van der Waals surface area contributed by atoms with Gasteiger partial charge in [-0.05, 0) is 51.0 Å². The van der Waals surface area contributed by atoms with Crippen molar-refractivity contribution in [3.63, 3.8) is 0 Å². The molecule has 7 heteroatoms. The van der Waals surface area contributed by atoms with Gasteiger partial charge in [-0.1, -0.05) is 0 Å². The van der Waals surface area contributed by atoms with Gasteiger partial charge >= 0.3 is 0 Å². The maximum Gasteiger partial charge on any atom is 0.251 e. The Morgan fingerprint density at radius 1 is 1.32 bits per heavy atom. The summed E-state index contributed by atoms with van der Waals surface area (Å²) in [5, 5.41) is 2.80. The molecule has 1 unspecified atom stereocenters. The average Bonchev–Trinajstić information content (AvgIpc) is 2.97. The van der Waals surface area contributed by atoms with E-state index in [0.29, 0.717) is 12.1 Å². The number of amides is 1. The fraction of sp³-hybridized carbons (Fsp3) is 0.533. The molecular formula is C15H22N2O4S. The Labute approximate surface area is 131 Å². The van der Waals surface area contributed by atoms with Crippen molar-refractivity contribution < 1.29 is 17.9 Å². The van der Waals surface area contributed by atoms with Crippen LogP contribution >= 0.6 is 0 Å². The van der Waals surface area contributed by atoms with Crippen molar-refractivity contribution in [1.29, 1.82) is 0 Å². The molecule has 2 N–H and O–H groups in total. The predicted molar refractivity (Wildman–Crippen MR) is 83.2 cm³/mol. The van der Waals surface area contributed by atoms with Gasteiger partial charge < -0.3 is 10.1 Å². The predicted octanol–water partition coefficient (Wildman–Crippen LogP) is 1.28. The van der Waals surface area contributed by atoms with E-state index in [9.17, 15) is 13.2 Å². The molecule has 0 spiro atoms. The van der Waals surface area contributed by atoms with Crippen LogP contribution in [0.1, 0.15) is 37.0 Å². The van der Waals surface area contributed by atoms with E-state index in [0.717, 1.165) is 19.4 Å². The van der Waals surface area contributed by atoms with Crippen LogP contribution in [-0.2, 0) is 14.8 Å². The smallest absolute Gasteiger partial charge is 0.251 e. The first kappa shape index (κ1) is 16.9. The minimum Gasteiger partial charge on any atom is -0.376 e. The minimum atomic E-state index is -3.53. The molecule has 1 saturated heterocycles. The standard InChI is InChI=1S/C15H22N2O4S/c1-11(2)17-22(19,20)14-7-5-12(6-8-14)15(18)16-10-13-4-3-9-21-13/h5-8,11,13,17H,3-4,9-10H2,1-2H3,(H,16,18). The van der Waals surface area contributed by atoms with E-state index in [1.54, 1.807) is 13.8 Å². The van der Waals surface area contributed by atoms with E-state index in [4.69, 9.17) is 4.74 Å². The van der Waals surface area contributed by atoms with Crippen LogP contribution < -0.4 is 10.0 Å². The van der Waals surface area contributed by atoms with Crippen LogP contribution in [0.4, 0.5) is 0 Å². The van der Waals surface area contributed by atoms with Crippen molar-refractivity contribution in [3.8, 4) is 0 Å². The highest BCUT2D eigenvalue weighted by Crippen LogP contribution is 2.13. The number of benzene rings is 1. The van der Waals surface area contributed by atoms with Gasteiger partial charge in [-0.3, -0.25) is 4.79 Å². The van der Waals surface area contributed by atoms with Crippen molar-refractivity contribution in [2.24, 2.45) is 0 Å². The largest absolute Gasteiger partial charge is 0.376 e. The summed E-state index contributed by atoms with van der Waals surface area (Å²) in [6.07, 6.45) is 2.06. The highest BCUT2D eigenvalue weighted by atomic mass is 32.2. The summed E-state index contributed by atoms with van der Waals surface area (Å²) in [6, 6.07) is 5.72. The van der Waals surface area contributed by atoms with Crippen LogP contribution in [0.5, 0.6) is 0 Å². The van der Waals surface area contributed by atoms with Gasteiger partial charge in [0.15, 0.2) is 0 Å². The number of ether oxygens (including phenoxy) is 1. The number of hydrogen-bond acceptors (Lipinski definition) is 4. The molecule has 1 aliphatic rings. The summed E-state index contributed by atoms with van der Waals surface area (Å²) in [5.41, 5.74) is 0.432. The lowest BCUT2D eigenvalue weighted by Crippen LogP contribution is -2.32. The Balaban J connectivity index is 1.97. The van der Waals surface area contributed by atoms with Gasteiger partial charge in [0.05, 0.1) is 11.0 Å². The monoisotopic (exact) mass is 326 g/mol. The Kier molecular flexibility index (Phi) is 5.55. The van der Waals surface area contributed by atoms with E-state index in [-0.39, 0.29) is 22.9 Å². The van der Waals surface area contributed by atoms with Gasteiger partial charge in [-0.25, -0.2) is 13.1 Å². The Morgan fingerprint density at radius 3 is 2.55 bits per heavy atom. The zero-order valence-electron chi connectivity index (χ0n) is 12.8. The third-order valence-corrected chi connectivity index (χ3v) is 5.01. The van der Waals surface area contributed by atoms with E-state index in [1.165, 1.54) is 24.3 Å². The molecule has 0 radical (unpaired) electrons. The number of hydrogen-bond donors (Lipinski definition) is 2. The molecule has 0 aliphatic carbocycles. The molecule has 0 aromatic heterocycles. The van der Waals surface area contributed by atoms with Crippen LogP contribution in [0.2, 0.25) is 0 Å². The molecule has 0 bridgehead atoms. The minimum absolute atomic E-state index is 0.0823. The molecule has 122 valence electrons. The lowest BCUT2D eigenvalue weighted by molar-refractivity contribution is 0.0857. The quantitative estimate of drug-likeness (QED) is 0.825. The van der Waals surface area contributed by atoms with Crippen molar-refractivity contribution in [2.75, 3.05) is 13.2 Å². The molecule has 1 atom stereocenters. The number of sulfonamides is 1. The summed E-state index contributed by atoms with van der Waals surface area (Å²) in [4.78, 5) is 12.2. The first-order valence-electron chi connectivity index (χ1n) is 7.40. The number of carbonyl (C=O) groups excluding carboxylic acids is 1. The maximum atomic E-state index is 12.0. The summed E-state index contributed by atoms with van der Waals surface area (Å²) in [5.74, 6) is -0.226. The van der Waals surface area contributed by atoms with Crippen molar-refractivity contribution >= 4 is 15.9 Å². The van der Waals surface area contributed by atoms with Crippen molar-refractivity contribution in [1.82, 2.24) is 10.0 Å². The third-order valence-electron chi connectivity index (χ3n) is 3.33. The number of carbonyl (C=O) groups is 1. The van der Waals surface area contributed by atoms with Crippen LogP contribution in [0.25, 0.3) is 0 Å². The SMILES string of the molecule is CC(C)NS(=O)(=O)c1ccc(C(=O)NCC2CCCO2)cc1. The van der Waals surface area contributed by atoms with Crippen molar-refractivity contribution in [3.05, 3.63) is 29.8 Å². The molecule has 1 aliphatic heterocycles. The lowest BCUT2D eigenvalue weighted by atomic mass is 10.2. The second-order valence-corrected chi connectivity index (χ2v) is 7.36. The molecule has 1 heterocycles. The molecular weight excluding hydrogens is 304 g/mol. The normalized spacial score (nSPS) is 18.6. The first-order valence-corrected chi connectivity index (χ1v) is 8.89. The Morgan fingerprint density at radius 2 is 2.00 bits per heavy atom. The third kappa shape index (κ3) is 4.53. The molecule has 6 nitrogen and oxygen atoms in total. The van der Waals surface area contributed by atoms with E-state index < -0.39 is 10.0 Å². The second-order valence-electron chi connectivity index (χ2n) is 5.65. The zero-order chi connectivity index (χ0) is 16.2. The molecule has 1 aromatic carbocycles. The van der Waals surface area contributed by atoms with Crippen LogP contribution in [0, 0.1) is 0 Å². The summed E-state index contributed by atoms with van der Waals surface area (Å²) >= 11 is 0. The summed E-state index contributed by atoms with van der Waals surface area (Å²) in [6.45, 7) is 4.73. The summed E-state index contributed by atoms with van der Waals surface area (Å²) in [7, 11) is -3.53. The van der Waals surface area contributed by atoms with Gasteiger partial charge in [0, 0.05) is 24.8 Å². The zero-order valence-corrected chi connectivity index (χ0v) is 13.7. The van der Waals surface area contributed by atoms with Gasteiger partial charge in [0.25, 0.3) is 5.91 Å². The van der Waals surface area contributed by atoms with Crippen LogP contribution in [0.15, 0.2) is 29.2 Å². The molecule has 22 heavy (non-hydrogen) atoms. The van der Waals surface area contributed by atoms with Crippen LogP contribution in [-0.4, -0.2) is 39.6 Å². The van der Waals surface area contributed by atoms with Gasteiger partial charge in [-0.2, -0.15) is 0 Å². The number of nitrogens with one attached hydrogen (secondary N) is 2. The highest BCUT2D eigenvalue weighted by molar-refractivity contribution is 7.89. The number of rotatable bonds is 6. The van der Waals surface area contributed by atoms with Gasteiger partial charge in [0.1, 0.15) is 0 Å². The Hall–Kier alpha value is -1.44. The van der Waals surface area contributed by atoms with Crippen molar-refractivity contribution in [2.45, 2.75) is 43.7 Å². The topological polar surface area (TPSA) is 84.5 Å². The molecule has 1 amide bonds. The van der Waals surface area contributed by atoms with Gasteiger partial charge in [0.2, 0.25) is 10.0 Å². The molecule has 1 aromatic rings. The molecule has 1 fully saturated rings. The second kappa shape index (κ2) is 7.21. The van der Waals surface area contributed by atoms with E-state index in [2.05, 4.69) is 10.0 Å². The maximum absolute atomic E-state index is 12.0. The fourth-order valence-corrected chi connectivity index (χ4v) is 3.53. The summed E-state index contributed by atoms with van der Waals surface area (Å²) < 4.78 is 31.9. The van der Waals surface area contributed by atoms with Crippen LogP contribution in [0.3, 0.4) is 0 Å². The van der Waals surface area contributed by atoms with Gasteiger partial charge in [-0.15, -0.1) is 0 Å². The van der Waals surface area contributed by atoms with E-state index in [1.807, 2.05) is 0 Å². The lowest BCUT2D eigenvalue weighted by Gasteiger charge is -2.12. The fourth-order valence-electron chi connectivity index (χ4n) is 2.28. The highest BCUT2D eigenvalue weighted by Gasteiger charge is 2.18. The molecule has 2 rings (SSSR count). The Bertz CT molecular complexity index is 605. The average molecular weight is 326 g/mol. The molecule has 0 saturated carbocycles.